The highest BCUT2D eigenvalue weighted by Gasteiger charge is 2.20. The molecule has 2 heterocycles. The smallest absolute Gasteiger partial charge is 0.233 e. The molecule has 7 heteroatoms. The average molecular weight is 444 g/mol. The van der Waals surface area contributed by atoms with Crippen molar-refractivity contribution in [1.29, 1.82) is 0 Å². The van der Waals surface area contributed by atoms with Gasteiger partial charge >= 0.3 is 0 Å². The fourth-order valence-electron chi connectivity index (χ4n) is 3.60. The summed E-state index contributed by atoms with van der Waals surface area (Å²) < 4.78 is 2.02. The molecule has 162 valence electrons. The van der Waals surface area contributed by atoms with Gasteiger partial charge in [-0.25, -0.2) is 0 Å². The van der Waals surface area contributed by atoms with Gasteiger partial charge in [0.15, 0.2) is 11.0 Å². The summed E-state index contributed by atoms with van der Waals surface area (Å²) in [5, 5.41) is 10.7. The molecule has 0 atom stereocenters. The number of hydrogen-bond donors (Lipinski definition) is 1. The lowest BCUT2D eigenvalue weighted by atomic mass is 10.1. The number of benzene rings is 2. The van der Waals surface area contributed by atoms with Crippen molar-refractivity contribution in [3.8, 4) is 17.1 Å². The van der Waals surface area contributed by atoms with Crippen molar-refractivity contribution >= 4 is 28.6 Å². The van der Waals surface area contributed by atoms with E-state index in [1.807, 2.05) is 41.1 Å². The molecule has 6 nitrogen and oxygen atoms in total. The van der Waals surface area contributed by atoms with Gasteiger partial charge in [-0.05, 0) is 30.7 Å². The molecule has 2 aromatic heterocycles. The van der Waals surface area contributed by atoms with Crippen LogP contribution in [0.25, 0.3) is 28.0 Å². The summed E-state index contributed by atoms with van der Waals surface area (Å²) in [5.41, 5.74) is 4.10. The van der Waals surface area contributed by atoms with E-state index in [0.717, 1.165) is 33.5 Å². The van der Waals surface area contributed by atoms with Crippen LogP contribution in [0.3, 0.4) is 0 Å². The van der Waals surface area contributed by atoms with Gasteiger partial charge < -0.3 is 9.88 Å². The zero-order chi connectivity index (χ0) is 22.5. The molecule has 0 saturated heterocycles. The van der Waals surface area contributed by atoms with Gasteiger partial charge in [0.05, 0.1) is 5.75 Å². The minimum atomic E-state index is 0.00207. The molecule has 0 fully saturated rings. The van der Waals surface area contributed by atoms with Crippen molar-refractivity contribution in [3.63, 3.8) is 0 Å². The summed E-state index contributed by atoms with van der Waals surface area (Å²) in [6.07, 6.45) is 5.39. The molecule has 0 bridgehead atoms. The fourth-order valence-corrected chi connectivity index (χ4v) is 4.46. The van der Waals surface area contributed by atoms with E-state index in [9.17, 15) is 4.79 Å². The Kier molecular flexibility index (Phi) is 6.56. The Morgan fingerprint density at radius 2 is 1.91 bits per heavy atom. The Labute approximate surface area is 191 Å². The minimum absolute atomic E-state index is 0.00207. The zero-order valence-corrected chi connectivity index (χ0v) is 18.8. The predicted molar refractivity (Wildman–Crippen MR) is 131 cm³/mol. The molecule has 1 N–H and O–H groups in total. The second-order valence-corrected chi connectivity index (χ2v) is 8.34. The molecule has 4 rings (SSSR count). The van der Waals surface area contributed by atoms with Crippen molar-refractivity contribution in [1.82, 2.24) is 24.6 Å². The van der Waals surface area contributed by atoms with E-state index in [1.165, 1.54) is 11.8 Å². The predicted octanol–water partition coefficient (Wildman–Crippen LogP) is 5.02. The molecule has 0 radical (unpaired) electrons. The number of aryl methyl sites for hydroxylation is 1. The first-order valence-electron chi connectivity index (χ1n) is 10.3. The number of para-hydroxylation sites is 1. The lowest BCUT2D eigenvalue weighted by Gasteiger charge is -2.19. The Balaban J connectivity index is 1.73. The maximum absolute atomic E-state index is 12.8. The van der Waals surface area contributed by atoms with Crippen LogP contribution >= 0.6 is 11.8 Å². The van der Waals surface area contributed by atoms with E-state index in [2.05, 4.69) is 53.5 Å². The van der Waals surface area contributed by atoms with Gasteiger partial charge in [-0.15, -0.1) is 23.4 Å². The average Bonchev–Trinajstić information content (AvgIpc) is 3.41. The molecular formula is C25H25N5OS. The third-order valence-corrected chi connectivity index (χ3v) is 6.01. The molecule has 32 heavy (non-hydrogen) atoms. The standard InChI is InChI=1S/C25H25N5OS/c1-4-13-29(14-5-2)23(31)17-32-25-28-27-24(30(25)19-10-8-9-18(3)15-19)21-16-26-22-12-7-6-11-20(21)22/h4-12,15-16,26H,1-2,13-14,17H2,3H3. The van der Waals surface area contributed by atoms with Gasteiger partial charge in [0.25, 0.3) is 0 Å². The van der Waals surface area contributed by atoms with Crippen LogP contribution in [0.2, 0.25) is 0 Å². The number of aromatic amines is 1. The van der Waals surface area contributed by atoms with Crippen LogP contribution in [-0.2, 0) is 4.79 Å². The van der Waals surface area contributed by atoms with Gasteiger partial charge in [0.2, 0.25) is 5.91 Å². The monoisotopic (exact) mass is 443 g/mol. The Bertz CT molecular complexity index is 1260. The Morgan fingerprint density at radius 3 is 2.66 bits per heavy atom. The molecule has 2 aromatic carbocycles. The van der Waals surface area contributed by atoms with Crippen molar-refractivity contribution in [2.24, 2.45) is 0 Å². The van der Waals surface area contributed by atoms with Crippen molar-refractivity contribution in [3.05, 3.63) is 85.6 Å². The zero-order valence-electron chi connectivity index (χ0n) is 18.0. The number of fused-ring (bicyclic) bond motifs is 1. The van der Waals surface area contributed by atoms with Crippen LogP contribution in [-0.4, -0.2) is 49.4 Å². The quantitative estimate of drug-likeness (QED) is 0.291. The molecule has 0 aliphatic rings. The number of aromatic nitrogens is 4. The van der Waals surface area contributed by atoms with Gasteiger partial charge in [-0.3, -0.25) is 9.36 Å². The number of amides is 1. The number of carbonyl (C=O) groups excluding carboxylic acids is 1. The first-order chi connectivity index (χ1) is 15.6. The van der Waals surface area contributed by atoms with Gasteiger partial charge in [0.1, 0.15) is 0 Å². The largest absolute Gasteiger partial charge is 0.360 e. The van der Waals surface area contributed by atoms with Crippen LogP contribution in [0, 0.1) is 6.92 Å². The van der Waals surface area contributed by atoms with Crippen molar-refractivity contribution in [2.45, 2.75) is 12.1 Å². The van der Waals surface area contributed by atoms with E-state index < -0.39 is 0 Å². The highest BCUT2D eigenvalue weighted by atomic mass is 32.2. The number of thioether (sulfide) groups is 1. The maximum Gasteiger partial charge on any atom is 0.233 e. The third-order valence-electron chi connectivity index (χ3n) is 5.10. The molecule has 0 aliphatic carbocycles. The molecule has 0 unspecified atom stereocenters. The van der Waals surface area contributed by atoms with E-state index in [0.29, 0.717) is 18.2 Å². The summed E-state index contributed by atoms with van der Waals surface area (Å²) in [7, 11) is 0. The third kappa shape index (κ3) is 4.38. The Morgan fingerprint density at radius 1 is 1.12 bits per heavy atom. The van der Waals surface area contributed by atoms with E-state index >= 15 is 0 Å². The van der Waals surface area contributed by atoms with E-state index in [-0.39, 0.29) is 11.7 Å². The lowest BCUT2D eigenvalue weighted by Crippen LogP contribution is -2.32. The summed E-state index contributed by atoms with van der Waals surface area (Å²) in [6, 6.07) is 16.3. The van der Waals surface area contributed by atoms with E-state index in [4.69, 9.17) is 0 Å². The van der Waals surface area contributed by atoms with E-state index in [1.54, 1.807) is 17.1 Å². The highest BCUT2D eigenvalue weighted by molar-refractivity contribution is 7.99. The van der Waals surface area contributed by atoms with Crippen LogP contribution in [0.5, 0.6) is 0 Å². The molecular weight excluding hydrogens is 418 g/mol. The second-order valence-electron chi connectivity index (χ2n) is 7.39. The SMILES string of the molecule is C=CCN(CC=C)C(=O)CSc1nnc(-c2c[nH]c3ccccc23)n1-c1cccc(C)c1. The molecule has 0 aliphatic heterocycles. The van der Waals surface area contributed by atoms with Crippen molar-refractivity contribution < 1.29 is 4.79 Å². The first kappa shape index (κ1) is 21.6. The number of hydrogen-bond acceptors (Lipinski definition) is 4. The summed E-state index contributed by atoms with van der Waals surface area (Å²) in [6.45, 7) is 10.5. The highest BCUT2D eigenvalue weighted by Crippen LogP contribution is 2.32. The molecule has 1 amide bonds. The topological polar surface area (TPSA) is 66.8 Å². The molecule has 0 saturated carbocycles. The van der Waals surface area contributed by atoms with Gasteiger partial charge in [0, 0.05) is 41.4 Å². The maximum atomic E-state index is 12.8. The fraction of sp³-hybridized carbons (Fsp3) is 0.160. The number of carbonyl (C=O) groups is 1. The summed E-state index contributed by atoms with van der Waals surface area (Å²) in [4.78, 5) is 17.8. The van der Waals surface area contributed by atoms with Crippen LogP contribution in [0.4, 0.5) is 0 Å². The first-order valence-corrected chi connectivity index (χ1v) is 11.3. The number of nitrogens with zero attached hydrogens (tertiary/aromatic N) is 4. The number of H-pyrrole nitrogens is 1. The molecule has 4 aromatic rings. The lowest BCUT2D eigenvalue weighted by molar-refractivity contribution is -0.127. The summed E-state index contributed by atoms with van der Waals surface area (Å²) in [5.74, 6) is 0.985. The summed E-state index contributed by atoms with van der Waals surface area (Å²) >= 11 is 1.38. The van der Waals surface area contributed by atoms with Gasteiger partial charge in [-0.2, -0.15) is 0 Å². The van der Waals surface area contributed by atoms with Crippen LogP contribution in [0.15, 0.2) is 85.2 Å². The Hall–Kier alpha value is -3.58. The normalized spacial score (nSPS) is 10.9. The molecule has 0 spiro atoms. The number of nitrogens with one attached hydrogen (secondary N) is 1. The number of rotatable bonds is 9. The van der Waals surface area contributed by atoms with Crippen LogP contribution in [0.1, 0.15) is 5.56 Å². The van der Waals surface area contributed by atoms with Crippen molar-refractivity contribution in [2.75, 3.05) is 18.8 Å². The van der Waals surface area contributed by atoms with Crippen LogP contribution < -0.4 is 0 Å². The minimum Gasteiger partial charge on any atom is -0.360 e. The van der Waals surface area contributed by atoms with Gasteiger partial charge in [-0.1, -0.05) is 54.2 Å². The second kappa shape index (κ2) is 9.70.